The van der Waals surface area contributed by atoms with Crippen LogP contribution in [0.4, 0.5) is 0 Å². The van der Waals surface area contributed by atoms with Gasteiger partial charge in [0.25, 0.3) is 0 Å². The van der Waals surface area contributed by atoms with Crippen LogP contribution in [-0.4, -0.2) is 36.7 Å². The number of ether oxygens (including phenoxy) is 1. The Morgan fingerprint density at radius 1 is 1.12 bits per heavy atom. The molecule has 0 unspecified atom stereocenters. The Balaban J connectivity index is 0.000000509. The van der Waals surface area contributed by atoms with Crippen LogP contribution in [0.25, 0.3) is 0 Å². The molecule has 0 aromatic rings. The summed E-state index contributed by atoms with van der Waals surface area (Å²) in [5.74, 6) is 0. The van der Waals surface area contributed by atoms with Crippen molar-refractivity contribution < 1.29 is 4.74 Å². The molecule has 0 aromatic carbocycles. The first-order valence-electron chi connectivity index (χ1n) is 7.06. The molecule has 1 aliphatic heterocycles. The molecule has 98 valence electrons. The summed E-state index contributed by atoms with van der Waals surface area (Å²) in [7, 11) is 2.24. The molecule has 2 rings (SSSR count). The van der Waals surface area contributed by atoms with E-state index in [0.29, 0.717) is 11.6 Å². The van der Waals surface area contributed by atoms with Crippen molar-refractivity contribution in [1.82, 2.24) is 4.90 Å². The largest absolute Gasteiger partial charge is 0.376 e. The standard InChI is InChI=1S/C10H19NO.2C2H6/c1-10-6-3-5-9(10)12-8-4-7-11(10)2;2*1-2/h9H,3-8H2,1-2H3;2*1-2H3/t9-,10+;;/m1../s1. The Labute approximate surface area is 102 Å². The van der Waals surface area contributed by atoms with Gasteiger partial charge in [0.05, 0.1) is 6.10 Å². The summed E-state index contributed by atoms with van der Waals surface area (Å²) in [4.78, 5) is 2.50. The van der Waals surface area contributed by atoms with Crippen LogP contribution in [0.15, 0.2) is 0 Å². The van der Waals surface area contributed by atoms with Crippen LogP contribution in [0.5, 0.6) is 0 Å². The molecule has 1 saturated heterocycles. The van der Waals surface area contributed by atoms with E-state index in [1.165, 1.54) is 32.2 Å². The quantitative estimate of drug-likeness (QED) is 0.628. The Kier molecular flexibility index (Phi) is 8.04. The van der Waals surface area contributed by atoms with E-state index in [-0.39, 0.29) is 0 Å². The molecule has 2 atom stereocenters. The molecule has 0 bridgehead atoms. The summed E-state index contributed by atoms with van der Waals surface area (Å²) in [6.07, 6.45) is 5.62. The summed E-state index contributed by atoms with van der Waals surface area (Å²) in [5, 5.41) is 0. The van der Waals surface area contributed by atoms with Gasteiger partial charge in [0.15, 0.2) is 0 Å². The molecular weight excluding hydrogens is 198 g/mol. The van der Waals surface area contributed by atoms with Gasteiger partial charge in [-0.2, -0.15) is 0 Å². The Morgan fingerprint density at radius 2 is 1.75 bits per heavy atom. The molecule has 2 fully saturated rings. The molecule has 0 aromatic heterocycles. The van der Waals surface area contributed by atoms with Gasteiger partial charge in [0.2, 0.25) is 0 Å². The topological polar surface area (TPSA) is 12.5 Å². The Hall–Kier alpha value is -0.0800. The molecule has 1 heterocycles. The Bertz CT molecular complexity index is 172. The van der Waals surface area contributed by atoms with Gasteiger partial charge in [-0.05, 0) is 39.7 Å². The smallest absolute Gasteiger partial charge is 0.0755 e. The monoisotopic (exact) mass is 229 g/mol. The lowest BCUT2D eigenvalue weighted by Crippen LogP contribution is -2.48. The van der Waals surface area contributed by atoms with E-state index in [0.717, 1.165) is 6.61 Å². The van der Waals surface area contributed by atoms with Crippen molar-refractivity contribution in [3.05, 3.63) is 0 Å². The zero-order valence-electron chi connectivity index (χ0n) is 12.2. The van der Waals surface area contributed by atoms with Gasteiger partial charge in [-0.3, -0.25) is 4.90 Å². The van der Waals surface area contributed by atoms with Crippen LogP contribution < -0.4 is 0 Å². The van der Waals surface area contributed by atoms with Gasteiger partial charge in [-0.1, -0.05) is 27.7 Å². The van der Waals surface area contributed by atoms with E-state index in [1.807, 2.05) is 27.7 Å². The highest BCUT2D eigenvalue weighted by Gasteiger charge is 2.43. The van der Waals surface area contributed by atoms with Gasteiger partial charge in [0, 0.05) is 18.7 Å². The predicted octanol–water partition coefficient (Wildman–Crippen LogP) is 3.70. The van der Waals surface area contributed by atoms with E-state index in [1.54, 1.807) is 0 Å². The molecule has 16 heavy (non-hydrogen) atoms. The maximum Gasteiger partial charge on any atom is 0.0755 e. The van der Waals surface area contributed by atoms with Crippen molar-refractivity contribution in [3.8, 4) is 0 Å². The number of hydrogen-bond donors (Lipinski definition) is 0. The highest BCUT2D eigenvalue weighted by molar-refractivity contribution is 4.98. The number of fused-ring (bicyclic) bond motifs is 1. The predicted molar refractivity (Wildman–Crippen MR) is 71.9 cm³/mol. The van der Waals surface area contributed by atoms with E-state index in [2.05, 4.69) is 18.9 Å². The van der Waals surface area contributed by atoms with E-state index in [4.69, 9.17) is 4.74 Å². The molecule has 2 heteroatoms. The third-order valence-electron chi connectivity index (χ3n) is 3.67. The number of nitrogens with zero attached hydrogens (tertiary/aromatic N) is 1. The molecule has 2 nitrogen and oxygen atoms in total. The average molecular weight is 229 g/mol. The van der Waals surface area contributed by atoms with Crippen LogP contribution >= 0.6 is 0 Å². The Morgan fingerprint density at radius 3 is 2.38 bits per heavy atom. The SMILES string of the molecule is CC.CC.CN1CCCO[C@@H]2CCC[C@@]21C. The van der Waals surface area contributed by atoms with Crippen LogP contribution in [0.2, 0.25) is 0 Å². The van der Waals surface area contributed by atoms with Crippen molar-refractivity contribution in [2.45, 2.75) is 71.9 Å². The lowest BCUT2D eigenvalue weighted by molar-refractivity contribution is -0.00791. The molecule has 1 aliphatic carbocycles. The maximum atomic E-state index is 5.86. The molecule has 0 radical (unpaired) electrons. The fourth-order valence-electron chi connectivity index (χ4n) is 2.60. The van der Waals surface area contributed by atoms with Crippen molar-refractivity contribution in [2.24, 2.45) is 0 Å². The molecular formula is C14H31NO. The molecule has 1 saturated carbocycles. The second-order valence-electron chi connectivity index (χ2n) is 4.38. The first-order valence-corrected chi connectivity index (χ1v) is 7.06. The van der Waals surface area contributed by atoms with Crippen molar-refractivity contribution in [3.63, 3.8) is 0 Å². The van der Waals surface area contributed by atoms with Crippen molar-refractivity contribution >= 4 is 0 Å². The number of hydrogen-bond acceptors (Lipinski definition) is 2. The van der Waals surface area contributed by atoms with E-state index < -0.39 is 0 Å². The highest BCUT2D eigenvalue weighted by atomic mass is 16.5. The van der Waals surface area contributed by atoms with Crippen molar-refractivity contribution in [2.75, 3.05) is 20.2 Å². The number of likely N-dealkylation sites (N-methyl/N-ethyl adjacent to an activating group) is 1. The summed E-state index contributed by atoms with van der Waals surface area (Å²) in [6, 6.07) is 0. The van der Waals surface area contributed by atoms with Crippen LogP contribution in [0.1, 0.15) is 60.3 Å². The van der Waals surface area contributed by atoms with Crippen LogP contribution in [0.3, 0.4) is 0 Å². The fourth-order valence-corrected chi connectivity index (χ4v) is 2.60. The van der Waals surface area contributed by atoms with Crippen LogP contribution in [0, 0.1) is 0 Å². The lowest BCUT2D eigenvalue weighted by Gasteiger charge is -2.37. The molecule has 0 amide bonds. The second-order valence-corrected chi connectivity index (χ2v) is 4.38. The van der Waals surface area contributed by atoms with Gasteiger partial charge < -0.3 is 4.74 Å². The first kappa shape index (κ1) is 15.9. The zero-order valence-corrected chi connectivity index (χ0v) is 12.2. The summed E-state index contributed by atoms with van der Waals surface area (Å²) < 4.78 is 5.86. The molecule has 2 aliphatic rings. The summed E-state index contributed by atoms with van der Waals surface area (Å²) >= 11 is 0. The fraction of sp³-hybridized carbons (Fsp3) is 1.00. The number of rotatable bonds is 0. The molecule has 0 spiro atoms. The summed E-state index contributed by atoms with van der Waals surface area (Å²) in [5.41, 5.74) is 0.344. The second kappa shape index (κ2) is 8.08. The van der Waals surface area contributed by atoms with E-state index >= 15 is 0 Å². The summed E-state index contributed by atoms with van der Waals surface area (Å²) in [6.45, 7) is 12.5. The minimum atomic E-state index is 0.344. The van der Waals surface area contributed by atoms with Gasteiger partial charge >= 0.3 is 0 Å². The van der Waals surface area contributed by atoms with Gasteiger partial charge in [0.1, 0.15) is 0 Å². The minimum absolute atomic E-state index is 0.344. The maximum absolute atomic E-state index is 5.86. The normalized spacial score (nSPS) is 33.8. The van der Waals surface area contributed by atoms with Gasteiger partial charge in [-0.15, -0.1) is 0 Å². The first-order chi connectivity index (χ1) is 7.73. The average Bonchev–Trinajstić information content (AvgIpc) is 2.67. The van der Waals surface area contributed by atoms with Crippen molar-refractivity contribution in [1.29, 1.82) is 0 Å². The minimum Gasteiger partial charge on any atom is -0.376 e. The van der Waals surface area contributed by atoms with Crippen LogP contribution in [-0.2, 0) is 4.74 Å². The third-order valence-corrected chi connectivity index (χ3v) is 3.67. The lowest BCUT2D eigenvalue weighted by atomic mass is 9.96. The third kappa shape index (κ3) is 3.46. The highest BCUT2D eigenvalue weighted by Crippen LogP contribution is 2.37. The van der Waals surface area contributed by atoms with E-state index in [9.17, 15) is 0 Å². The zero-order chi connectivity index (χ0) is 12.6. The molecule has 0 N–H and O–H groups in total. The van der Waals surface area contributed by atoms with Gasteiger partial charge in [-0.25, -0.2) is 0 Å².